The molecule has 0 amide bonds. The van der Waals surface area contributed by atoms with Gasteiger partial charge in [-0.1, -0.05) is 0 Å². The second-order valence-corrected chi connectivity index (χ2v) is 0.266. The Morgan fingerprint density at radius 3 is 1.67 bits per heavy atom. The molecule has 0 radical (unpaired) electrons. The van der Waals surface area contributed by atoms with Gasteiger partial charge >= 0.3 is 29.6 Å². The van der Waals surface area contributed by atoms with Crippen LogP contribution in [-0.4, -0.2) is 28.6 Å². The van der Waals surface area contributed by atoms with Gasteiger partial charge in [-0.3, -0.25) is 0 Å². The smallest absolute Gasteiger partial charge is 0.565 e. The summed E-state index contributed by atoms with van der Waals surface area (Å²) in [4.78, 5) is 8.44. The van der Waals surface area contributed by atoms with Crippen molar-refractivity contribution in [2.45, 2.75) is 0 Å². The molecule has 0 unspecified atom stereocenters. The van der Waals surface area contributed by atoms with Crippen LogP contribution in [0.4, 0.5) is 4.79 Å². The van der Waals surface area contributed by atoms with Gasteiger partial charge < -0.3 is 15.0 Å². The molecule has 0 aromatic heterocycles. The van der Waals surface area contributed by atoms with Crippen LogP contribution in [0.15, 0.2) is 0 Å². The summed E-state index contributed by atoms with van der Waals surface area (Å²) >= 11 is 0. The second-order valence-electron chi connectivity index (χ2n) is 0.266. The molecular formula is CH4AlNaO3. The average Bonchev–Trinajstić information content (AvgIpc) is 0.811. The quantitative estimate of drug-likeness (QED) is 0.320. The normalized spacial score (nSPS) is 4.00. The van der Waals surface area contributed by atoms with Gasteiger partial charge in [0, 0.05) is 0 Å². The van der Waals surface area contributed by atoms with Crippen molar-refractivity contribution < 1.29 is 44.6 Å². The minimum atomic E-state index is -2.08. The van der Waals surface area contributed by atoms with E-state index >= 15 is 0 Å². The fourth-order valence-corrected chi connectivity index (χ4v) is 0. The van der Waals surface area contributed by atoms with Crippen molar-refractivity contribution in [3.8, 4) is 0 Å². The van der Waals surface area contributed by atoms with Gasteiger partial charge in [0.05, 0.1) is 0 Å². The zero-order valence-corrected chi connectivity index (χ0v) is 4.76. The Labute approximate surface area is 67.8 Å². The molecule has 0 aromatic carbocycles. The van der Waals surface area contributed by atoms with E-state index in [1.807, 2.05) is 0 Å². The predicted molar refractivity (Wildman–Crippen MR) is 18.0 cm³/mol. The minimum absolute atomic E-state index is 0. The van der Waals surface area contributed by atoms with Crippen molar-refractivity contribution in [1.29, 1.82) is 0 Å². The molecule has 1 N–H and O–H groups in total. The second kappa shape index (κ2) is 9.26. The first-order valence-corrected chi connectivity index (χ1v) is 0.632. The van der Waals surface area contributed by atoms with Gasteiger partial charge in [0.2, 0.25) is 6.16 Å². The Morgan fingerprint density at radius 1 is 1.67 bits per heavy atom. The summed E-state index contributed by atoms with van der Waals surface area (Å²) < 4.78 is 0. The monoisotopic (exact) mass is 114 g/mol. The number of hydrogen-bond acceptors (Lipinski definition) is 2. The van der Waals surface area contributed by atoms with Crippen molar-refractivity contribution in [3.05, 3.63) is 0 Å². The Kier molecular flexibility index (Phi) is 24.4. The molecule has 0 aliphatic rings. The average molecular weight is 114 g/mol. The maximum atomic E-state index is 8.44. The van der Waals surface area contributed by atoms with Gasteiger partial charge in [0.1, 0.15) is 0 Å². The number of carbonyl (C=O) groups is 1. The van der Waals surface area contributed by atoms with E-state index in [2.05, 4.69) is 0 Å². The van der Waals surface area contributed by atoms with Gasteiger partial charge in [-0.2, -0.15) is 0 Å². The van der Waals surface area contributed by atoms with Crippen LogP contribution < -0.4 is 34.7 Å². The summed E-state index contributed by atoms with van der Waals surface area (Å²) in [6, 6.07) is 0. The molecule has 0 rings (SSSR count). The van der Waals surface area contributed by atoms with E-state index in [1.54, 1.807) is 0 Å². The van der Waals surface area contributed by atoms with E-state index in [9.17, 15) is 0 Å². The third-order valence-electron chi connectivity index (χ3n) is 0. The molecule has 0 heterocycles. The third-order valence-corrected chi connectivity index (χ3v) is 0. The van der Waals surface area contributed by atoms with E-state index in [0.29, 0.717) is 0 Å². The van der Waals surface area contributed by atoms with Crippen LogP contribution in [-0.2, 0) is 0 Å². The molecule has 3 nitrogen and oxygen atoms in total. The van der Waals surface area contributed by atoms with Crippen LogP contribution in [0, 0.1) is 0 Å². The van der Waals surface area contributed by atoms with Crippen LogP contribution in [0.5, 0.6) is 0 Å². The van der Waals surface area contributed by atoms with Crippen molar-refractivity contribution >= 4 is 23.5 Å². The van der Waals surface area contributed by atoms with E-state index < -0.39 is 6.16 Å². The summed E-state index contributed by atoms with van der Waals surface area (Å²) in [5.74, 6) is 0. The summed E-state index contributed by atoms with van der Waals surface area (Å²) in [5.41, 5.74) is 0. The zero-order valence-electron chi connectivity index (χ0n) is 2.76. The molecular weight excluding hydrogens is 110 g/mol. The maximum absolute atomic E-state index is 8.44. The molecule has 0 saturated heterocycles. The summed E-state index contributed by atoms with van der Waals surface area (Å²) in [5, 5.41) is 15.3. The van der Waals surface area contributed by atoms with E-state index in [-0.39, 0.29) is 46.9 Å². The van der Waals surface area contributed by atoms with E-state index in [4.69, 9.17) is 15.0 Å². The number of hydrogen-bond donors (Lipinski definition) is 1. The van der Waals surface area contributed by atoms with Crippen molar-refractivity contribution in [1.82, 2.24) is 0 Å². The van der Waals surface area contributed by atoms with Crippen molar-refractivity contribution in [2.75, 3.05) is 0 Å². The summed E-state index contributed by atoms with van der Waals surface area (Å²) in [7, 11) is 0. The molecule has 6 heavy (non-hydrogen) atoms. The molecule has 0 atom stereocenters. The SMILES string of the molecule is O=C([O-])O.[AlH3].[Na+]. The topological polar surface area (TPSA) is 60.4 Å². The fraction of sp³-hybridized carbons (Fsp3) is 0. The number of rotatable bonds is 0. The summed E-state index contributed by atoms with van der Waals surface area (Å²) in [6.45, 7) is 0. The third kappa shape index (κ3) is 108. The first-order chi connectivity index (χ1) is 1.73. The number of carboxylic acid groups (broad SMARTS) is 2. The fourth-order valence-electron chi connectivity index (χ4n) is 0. The van der Waals surface area contributed by atoms with Crippen LogP contribution in [0.25, 0.3) is 0 Å². The Hall–Kier alpha value is 0.802. The van der Waals surface area contributed by atoms with Crippen LogP contribution in [0.2, 0.25) is 0 Å². The van der Waals surface area contributed by atoms with Gasteiger partial charge in [0.15, 0.2) is 17.4 Å². The molecule has 5 heteroatoms. The zero-order chi connectivity index (χ0) is 3.58. The van der Waals surface area contributed by atoms with Crippen LogP contribution >= 0.6 is 0 Å². The molecule has 0 aromatic rings. The molecule has 0 aliphatic carbocycles. The maximum Gasteiger partial charge on any atom is 1.00 e. The molecule has 0 bridgehead atoms. The molecule has 0 spiro atoms. The van der Waals surface area contributed by atoms with Crippen LogP contribution in [0.3, 0.4) is 0 Å². The molecule has 30 valence electrons. The Bertz CT molecular complexity index is 33.8. The summed E-state index contributed by atoms with van der Waals surface area (Å²) in [6.07, 6.45) is -2.08. The first kappa shape index (κ1) is 15.8. The molecule has 0 fully saturated rings. The van der Waals surface area contributed by atoms with Crippen LogP contribution in [0.1, 0.15) is 0 Å². The Balaban J connectivity index is -0.0000000450. The molecule has 0 aliphatic heterocycles. The Morgan fingerprint density at radius 2 is 1.67 bits per heavy atom. The van der Waals surface area contributed by atoms with Gasteiger partial charge in [-0.15, -0.1) is 0 Å². The minimum Gasteiger partial charge on any atom is -0.565 e. The van der Waals surface area contributed by atoms with E-state index in [1.165, 1.54) is 0 Å². The molecule has 0 saturated carbocycles. The van der Waals surface area contributed by atoms with Crippen molar-refractivity contribution in [3.63, 3.8) is 0 Å². The van der Waals surface area contributed by atoms with Gasteiger partial charge in [0.25, 0.3) is 0 Å². The first-order valence-electron chi connectivity index (χ1n) is 0.632. The van der Waals surface area contributed by atoms with E-state index in [0.717, 1.165) is 0 Å². The largest absolute Gasteiger partial charge is 1.00 e. The predicted octanol–water partition coefficient (Wildman–Crippen LogP) is -5.29. The van der Waals surface area contributed by atoms with Crippen molar-refractivity contribution in [2.24, 2.45) is 0 Å². The standard InChI is InChI=1S/CH2O3.Al.Na.3H/c2-1(3)4;;;;;/h(H2,2,3,4);;;;;/q;;+1;;;/p-1. The van der Waals surface area contributed by atoms with Gasteiger partial charge in [-0.25, -0.2) is 0 Å². The van der Waals surface area contributed by atoms with Gasteiger partial charge in [-0.05, 0) is 0 Å².